The normalized spacial score (nSPS) is 12.0. The zero-order valence-corrected chi connectivity index (χ0v) is 13.4. The van der Waals surface area contributed by atoms with Crippen LogP contribution in [-0.2, 0) is 6.61 Å². The number of methoxy groups -OCH3 is 1. The molecule has 1 N–H and O–H groups in total. The van der Waals surface area contributed by atoms with Crippen molar-refractivity contribution in [2.45, 2.75) is 19.6 Å². The van der Waals surface area contributed by atoms with Gasteiger partial charge >= 0.3 is 0 Å². The third-order valence-corrected chi connectivity index (χ3v) is 3.56. The molecule has 2 aromatic carbocycles. The molecule has 3 nitrogen and oxygen atoms in total. The first-order valence-corrected chi connectivity index (χ1v) is 7.23. The minimum atomic E-state index is -0.586. The molecule has 0 aliphatic carbocycles. The number of aliphatic hydroxyl groups excluding tert-OH is 1. The number of ether oxygens (including phenoxy) is 2. The highest BCUT2D eigenvalue weighted by atomic mass is 79.9. The van der Waals surface area contributed by atoms with Gasteiger partial charge in [-0.3, -0.25) is 0 Å². The van der Waals surface area contributed by atoms with E-state index >= 15 is 0 Å². The van der Waals surface area contributed by atoms with Gasteiger partial charge in [-0.25, -0.2) is 4.39 Å². The molecule has 0 unspecified atom stereocenters. The molecular formula is C16H16BrFO3. The Morgan fingerprint density at radius 1 is 1.19 bits per heavy atom. The second-order valence-corrected chi connectivity index (χ2v) is 5.53. The lowest BCUT2D eigenvalue weighted by molar-refractivity contribution is 0.198. The van der Waals surface area contributed by atoms with Gasteiger partial charge in [0.2, 0.25) is 0 Å². The van der Waals surface area contributed by atoms with Crippen molar-refractivity contribution in [2.75, 3.05) is 7.11 Å². The van der Waals surface area contributed by atoms with Crippen LogP contribution in [0.3, 0.4) is 0 Å². The average molecular weight is 355 g/mol. The maximum absolute atomic E-state index is 13.7. The topological polar surface area (TPSA) is 38.7 Å². The minimum absolute atomic E-state index is 0.101. The van der Waals surface area contributed by atoms with Crippen LogP contribution >= 0.6 is 15.9 Å². The fraction of sp³-hybridized carbons (Fsp3) is 0.250. The molecule has 0 aliphatic rings. The van der Waals surface area contributed by atoms with E-state index in [1.165, 1.54) is 13.2 Å². The maximum atomic E-state index is 13.7. The number of aliphatic hydroxyl groups is 1. The van der Waals surface area contributed by atoms with Crippen molar-refractivity contribution in [1.82, 2.24) is 0 Å². The summed E-state index contributed by atoms with van der Waals surface area (Å²) >= 11 is 3.21. The van der Waals surface area contributed by atoms with E-state index in [1.807, 2.05) is 0 Å². The van der Waals surface area contributed by atoms with Crippen molar-refractivity contribution in [1.29, 1.82) is 0 Å². The van der Waals surface area contributed by atoms with E-state index in [0.717, 1.165) is 5.56 Å². The first kappa shape index (κ1) is 15.8. The molecule has 0 heterocycles. The van der Waals surface area contributed by atoms with Crippen LogP contribution in [0.1, 0.15) is 24.2 Å². The van der Waals surface area contributed by atoms with Crippen LogP contribution in [0, 0.1) is 5.82 Å². The minimum Gasteiger partial charge on any atom is -0.493 e. The summed E-state index contributed by atoms with van der Waals surface area (Å²) in [7, 11) is 1.52. The number of benzene rings is 2. The predicted octanol–water partition coefficient (Wildman–Crippen LogP) is 4.23. The van der Waals surface area contributed by atoms with E-state index in [0.29, 0.717) is 21.5 Å². The van der Waals surface area contributed by atoms with Gasteiger partial charge in [0, 0.05) is 10.0 Å². The number of rotatable bonds is 5. The lowest BCUT2D eigenvalue weighted by Gasteiger charge is -2.13. The Balaban J connectivity index is 2.16. The van der Waals surface area contributed by atoms with Gasteiger partial charge in [-0.1, -0.05) is 28.1 Å². The van der Waals surface area contributed by atoms with Crippen LogP contribution in [0.15, 0.2) is 40.9 Å². The summed E-state index contributed by atoms with van der Waals surface area (Å²) in [5.41, 5.74) is 1.19. The molecule has 0 saturated heterocycles. The summed E-state index contributed by atoms with van der Waals surface area (Å²) in [6.45, 7) is 1.77. The standard InChI is InChI=1S/C16H16BrFO3/c1-10(19)11-4-6-15(16(7-11)20-2)21-9-12-3-5-13(17)8-14(12)18/h3-8,10,19H,9H2,1-2H3/t10-/m0/s1. The third kappa shape index (κ3) is 3.95. The summed E-state index contributed by atoms with van der Waals surface area (Å²) < 4.78 is 25.3. The Morgan fingerprint density at radius 2 is 1.95 bits per heavy atom. The van der Waals surface area contributed by atoms with Crippen molar-refractivity contribution in [3.8, 4) is 11.5 Å². The molecule has 2 aromatic rings. The fourth-order valence-electron chi connectivity index (χ4n) is 1.86. The molecule has 0 bridgehead atoms. The average Bonchev–Trinajstić information content (AvgIpc) is 2.46. The predicted molar refractivity (Wildman–Crippen MR) is 82.1 cm³/mol. The van der Waals surface area contributed by atoms with Crippen molar-refractivity contribution < 1.29 is 19.0 Å². The van der Waals surface area contributed by atoms with Gasteiger partial charge in [0.15, 0.2) is 11.5 Å². The van der Waals surface area contributed by atoms with E-state index in [1.54, 1.807) is 37.3 Å². The Bertz CT molecular complexity index is 629. The highest BCUT2D eigenvalue weighted by Gasteiger charge is 2.10. The molecular weight excluding hydrogens is 339 g/mol. The molecule has 0 aromatic heterocycles. The Kier molecular flexibility index (Phi) is 5.20. The van der Waals surface area contributed by atoms with Gasteiger partial charge in [0.05, 0.1) is 13.2 Å². The van der Waals surface area contributed by atoms with E-state index in [-0.39, 0.29) is 12.4 Å². The summed E-state index contributed by atoms with van der Waals surface area (Å²) in [5, 5.41) is 9.55. The largest absolute Gasteiger partial charge is 0.493 e. The molecule has 0 amide bonds. The Hall–Kier alpha value is -1.59. The van der Waals surface area contributed by atoms with Crippen molar-refractivity contribution >= 4 is 15.9 Å². The Labute approximate surface area is 131 Å². The van der Waals surface area contributed by atoms with Crippen LogP contribution < -0.4 is 9.47 Å². The van der Waals surface area contributed by atoms with E-state index in [9.17, 15) is 9.50 Å². The number of hydrogen-bond acceptors (Lipinski definition) is 3. The van der Waals surface area contributed by atoms with Crippen LogP contribution in [0.4, 0.5) is 4.39 Å². The monoisotopic (exact) mass is 354 g/mol. The summed E-state index contributed by atoms with van der Waals surface area (Å²) in [6.07, 6.45) is -0.586. The molecule has 0 saturated carbocycles. The summed E-state index contributed by atoms with van der Waals surface area (Å²) in [4.78, 5) is 0. The lowest BCUT2D eigenvalue weighted by Crippen LogP contribution is -2.01. The van der Waals surface area contributed by atoms with Crippen LogP contribution in [0.2, 0.25) is 0 Å². The van der Waals surface area contributed by atoms with Gasteiger partial charge in [-0.15, -0.1) is 0 Å². The Morgan fingerprint density at radius 3 is 2.57 bits per heavy atom. The molecule has 0 fully saturated rings. The first-order valence-electron chi connectivity index (χ1n) is 6.44. The van der Waals surface area contributed by atoms with Gasteiger partial charge < -0.3 is 14.6 Å². The molecule has 2 rings (SSSR count). The zero-order chi connectivity index (χ0) is 15.4. The summed E-state index contributed by atoms with van der Waals surface area (Å²) in [5.74, 6) is 0.680. The maximum Gasteiger partial charge on any atom is 0.161 e. The van der Waals surface area contributed by atoms with Gasteiger partial charge in [0.25, 0.3) is 0 Å². The quantitative estimate of drug-likeness (QED) is 0.873. The van der Waals surface area contributed by atoms with Crippen LogP contribution in [0.5, 0.6) is 11.5 Å². The van der Waals surface area contributed by atoms with Gasteiger partial charge in [-0.05, 0) is 36.8 Å². The van der Waals surface area contributed by atoms with Crippen molar-refractivity contribution in [3.63, 3.8) is 0 Å². The summed E-state index contributed by atoms with van der Waals surface area (Å²) in [6, 6.07) is 9.98. The second kappa shape index (κ2) is 6.91. The molecule has 0 radical (unpaired) electrons. The molecule has 1 atom stereocenters. The fourth-order valence-corrected chi connectivity index (χ4v) is 2.19. The molecule has 0 spiro atoms. The smallest absolute Gasteiger partial charge is 0.161 e. The lowest BCUT2D eigenvalue weighted by atomic mass is 10.1. The van der Waals surface area contributed by atoms with E-state index in [4.69, 9.17) is 9.47 Å². The molecule has 0 aliphatic heterocycles. The highest BCUT2D eigenvalue weighted by Crippen LogP contribution is 2.31. The second-order valence-electron chi connectivity index (χ2n) is 4.61. The zero-order valence-electron chi connectivity index (χ0n) is 11.8. The molecule has 5 heteroatoms. The van der Waals surface area contributed by atoms with Crippen LogP contribution in [0.25, 0.3) is 0 Å². The van der Waals surface area contributed by atoms with E-state index < -0.39 is 6.10 Å². The van der Waals surface area contributed by atoms with Crippen molar-refractivity contribution in [2.24, 2.45) is 0 Å². The van der Waals surface area contributed by atoms with Crippen molar-refractivity contribution in [3.05, 3.63) is 57.8 Å². The van der Waals surface area contributed by atoms with E-state index in [2.05, 4.69) is 15.9 Å². The van der Waals surface area contributed by atoms with Crippen LogP contribution in [-0.4, -0.2) is 12.2 Å². The van der Waals surface area contributed by atoms with Gasteiger partial charge in [0.1, 0.15) is 12.4 Å². The third-order valence-electron chi connectivity index (χ3n) is 3.07. The molecule has 112 valence electrons. The highest BCUT2D eigenvalue weighted by molar-refractivity contribution is 9.10. The SMILES string of the molecule is COc1cc([C@H](C)O)ccc1OCc1ccc(Br)cc1F. The number of hydrogen-bond donors (Lipinski definition) is 1. The number of halogens is 2. The first-order chi connectivity index (χ1) is 10.0. The van der Waals surface area contributed by atoms with Gasteiger partial charge in [-0.2, -0.15) is 0 Å². The molecule has 21 heavy (non-hydrogen) atoms.